The van der Waals surface area contributed by atoms with Gasteiger partial charge in [-0.2, -0.15) is 0 Å². The van der Waals surface area contributed by atoms with Crippen molar-refractivity contribution in [3.05, 3.63) is 36.5 Å². The zero-order valence-corrected chi connectivity index (χ0v) is 39.3. The summed E-state index contributed by atoms with van der Waals surface area (Å²) in [5.74, 6) is -0.880. The third-order valence-corrected chi connectivity index (χ3v) is 11.1. The summed E-state index contributed by atoms with van der Waals surface area (Å²) in [5.41, 5.74) is 0. The Balaban J connectivity index is 4.07. The van der Waals surface area contributed by atoms with E-state index in [1.165, 1.54) is 154 Å². The average Bonchev–Trinajstić information content (AvgIpc) is 3.23. The van der Waals surface area contributed by atoms with Crippen LogP contribution in [-0.4, -0.2) is 37.2 Å². The fourth-order valence-electron chi connectivity index (χ4n) is 7.27. The van der Waals surface area contributed by atoms with Crippen molar-refractivity contribution < 1.29 is 28.6 Å². The van der Waals surface area contributed by atoms with Crippen LogP contribution in [-0.2, 0) is 28.6 Å². The summed E-state index contributed by atoms with van der Waals surface area (Å²) in [5, 5.41) is 0. The topological polar surface area (TPSA) is 78.9 Å². The van der Waals surface area contributed by atoms with Crippen molar-refractivity contribution in [1.82, 2.24) is 0 Å². The molecule has 0 bridgehead atoms. The van der Waals surface area contributed by atoms with Gasteiger partial charge in [0, 0.05) is 19.3 Å². The first-order valence-corrected chi connectivity index (χ1v) is 25.5. The van der Waals surface area contributed by atoms with E-state index < -0.39 is 6.10 Å². The lowest BCUT2D eigenvalue weighted by atomic mass is 10.1. The Hall–Kier alpha value is -2.37. The predicted molar refractivity (Wildman–Crippen MR) is 252 cm³/mol. The Morgan fingerprint density at radius 1 is 0.339 bits per heavy atom. The van der Waals surface area contributed by atoms with Gasteiger partial charge in [-0.3, -0.25) is 14.4 Å². The number of rotatable bonds is 46. The van der Waals surface area contributed by atoms with Crippen LogP contribution in [0.4, 0.5) is 0 Å². The van der Waals surface area contributed by atoms with Crippen molar-refractivity contribution in [2.45, 2.75) is 271 Å². The summed E-state index contributed by atoms with van der Waals surface area (Å²) in [6.07, 6.45) is 55.9. The van der Waals surface area contributed by atoms with Crippen LogP contribution in [0, 0.1) is 0 Å². The number of ether oxygens (including phenoxy) is 3. The van der Waals surface area contributed by atoms with Gasteiger partial charge >= 0.3 is 17.9 Å². The van der Waals surface area contributed by atoms with Gasteiger partial charge in [0.1, 0.15) is 13.2 Å². The van der Waals surface area contributed by atoms with Crippen molar-refractivity contribution in [1.29, 1.82) is 0 Å². The number of unbranched alkanes of at least 4 members (excludes halogenated alkanes) is 29. The minimum absolute atomic E-state index is 0.0710. The molecule has 0 spiro atoms. The molecule has 0 aromatic rings. The Morgan fingerprint density at radius 2 is 0.610 bits per heavy atom. The van der Waals surface area contributed by atoms with E-state index in [0.717, 1.165) is 70.6 Å². The van der Waals surface area contributed by atoms with Gasteiger partial charge in [0.15, 0.2) is 6.10 Å². The molecule has 0 amide bonds. The lowest BCUT2D eigenvalue weighted by molar-refractivity contribution is -0.167. The zero-order chi connectivity index (χ0) is 43.0. The SMILES string of the molecule is CCCCCCC/C=C\C/C=C\C/C=C\CCCCCCCCCCCCC(=O)OCC(COC(=O)CCCCCCCC)OC(=O)CCCCCCCCCCCC. The van der Waals surface area contributed by atoms with Crippen LogP contribution in [0.2, 0.25) is 0 Å². The van der Waals surface area contributed by atoms with E-state index in [-0.39, 0.29) is 31.1 Å². The number of hydrogen-bond acceptors (Lipinski definition) is 6. The van der Waals surface area contributed by atoms with Crippen molar-refractivity contribution in [3.8, 4) is 0 Å². The molecule has 0 aliphatic carbocycles. The average molecular weight is 829 g/mol. The standard InChI is InChI=1S/C53H96O6/c1-4-7-10-13-16-18-20-21-22-23-24-25-26-27-28-29-30-31-32-33-34-36-37-40-43-46-52(55)58-49-50(48-57-51(54)45-42-39-15-12-9-6-3)59-53(56)47-44-41-38-35-19-17-14-11-8-5-2/h20-21,23-24,26-27,50H,4-19,22,25,28-49H2,1-3H3/b21-20-,24-23-,27-26-. The summed E-state index contributed by atoms with van der Waals surface area (Å²) in [4.78, 5) is 37.6. The second kappa shape index (κ2) is 48.3. The first-order valence-electron chi connectivity index (χ1n) is 25.5. The van der Waals surface area contributed by atoms with E-state index >= 15 is 0 Å². The molecule has 1 unspecified atom stereocenters. The van der Waals surface area contributed by atoms with E-state index in [1.54, 1.807) is 0 Å². The highest BCUT2D eigenvalue weighted by atomic mass is 16.6. The zero-order valence-electron chi connectivity index (χ0n) is 39.3. The Bertz CT molecular complexity index is 1000. The van der Waals surface area contributed by atoms with Crippen LogP contribution in [0.25, 0.3) is 0 Å². The molecule has 344 valence electrons. The van der Waals surface area contributed by atoms with Gasteiger partial charge in [-0.25, -0.2) is 0 Å². The highest BCUT2D eigenvalue weighted by Crippen LogP contribution is 2.15. The highest BCUT2D eigenvalue weighted by Gasteiger charge is 2.19. The normalized spacial score (nSPS) is 12.3. The van der Waals surface area contributed by atoms with Crippen molar-refractivity contribution in [2.75, 3.05) is 13.2 Å². The molecule has 0 fully saturated rings. The molecule has 6 nitrogen and oxygen atoms in total. The smallest absolute Gasteiger partial charge is 0.306 e. The largest absolute Gasteiger partial charge is 0.462 e. The number of allylic oxidation sites excluding steroid dienone is 6. The fraction of sp³-hybridized carbons (Fsp3) is 0.830. The lowest BCUT2D eigenvalue weighted by Gasteiger charge is -2.18. The summed E-state index contributed by atoms with van der Waals surface area (Å²) < 4.78 is 16.7. The first kappa shape index (κ1) is 56.6. The maximum atomic E-state index is 12.7. The Morgan fingerprint density at radius 3 is 0.949 bits per heavy atom. The second-order valence-corrected chi connectivity index (χ2v) is 17.1. The monoisotopic (exact) mass is 829 g/mol. The van der Waals surface area contributed by atoms with Crippen LogP contribution >= 0.6 is 0 Å². The van der Waals surface area contributed by atoms with E-state index in [2.05, 4.69) is 57.2 Å². The molecular weight excluding hydrogens is 733 g/mol. The maximum absolute atomic E-state index is 12.7. The van der Waals surface area contributed by atoms with E-state index in [0.29, 0.717) is 19.3 Å². The second-order valence-electron chi connectivity index (χ2n) is 17.1. The maximum Gasteiger partial charge on any atom is 0.306 e. The summed E-state index contributed by atoms with van der Waals surface area (Å²) in [7, 11) is 0. The van der Waals surface area contributed by atoms with Gasteiger partial charge < -0.3 is 14.2 Å². The molecule has 0 saturated carbocycles. The Labute approximate surface area is 365 Å². The van der Waals surface area contributed by atoms with Crippen molar-refractivity contribution in [2.24, 2.45) is 0 Å². The minimum atomic E-state index is -0.765. The molecule has 0 N–H and O–H groups in total. The fourth-order valence-corrected chi connectivity index (χ4v) is 7.27. The van der Waals surface area contributed by atoms with Crippen LogP contribution in [0.1, 0.15) is 265 Å². The molecule has 0 rings (SSSR count). The molecular formula is C53H96O6. The van der Waals surface area contributed by atoms with Gasteiger partial charge in [0.25, 0.3) is 0 Å². The van der Waals surface area contributed by atoms with Crippen LogP contribution < -0.4 is 0 Å². The molecule has 0 heterocycles. The Kier molecular flexibility index (Phi) is 46.4. The minimum Gasteiger partial charge on any atom is -0.462 e. The molecule has 59 heavy (non-hydrogen) atoms. The number of esters is 3. The predicted octanol–water partition coefficient (Wildman–Crippen LogP) is 16.5. The first-order chi connectivity index (χ1) is 29.0. The van der Waals surface area contributed by atoms with Crippen LogP contribution in [0.15, 0.2) is 36.5 Å². The van der Waals surface area contributed by atoms with Crippen LogP contribution in [0.3, 0.4) is 0 Å². The summed E-state index contributed by atoms with van der Waals surface area (Å²) >= 11 is 0. The number of carbonyl (C=O) groups is 3. The molecule has 0 aromatic heterocycles. The molecule has 1 atom stereocenters. The number of carbonyl (C=O) groups excluding carboxylic acids is 3. The third-order valence-electron chi connectivity index (χ3n) is 11.1. The van der Waals surface area contributed by atoms with Gasteiger partial charge in [-0.1, -0.05) is 224 Å². The number of hydrogen-bond donors (Lipinski definition) is 0. The molecule has 0 aliphatic heterocycles. The van der Waals surface area contributed by atoms with E-state index in [4.69, 9.17) is 14.2 Å². The van der Waals surface area contributed by atoms with Gasteiger partial charge in [0.2, 0.25) is 0 Å². The summed E-state index contributed by atoms with van der Waals surface area (Å²) in [6, 6.07) is 0. The molecule has 0 saturated heterocycles. The quantitative estimate of drug-likeness (QED) is 0.0263. The van der Waals surface area contributed by atoms with E-state index in [1.807, 2.05) is 0 Å². The van der Waals surface area contributed by atoms with Crippen LogP contribution in [0.5, 0.6) is 0 Å². The van der Waals surface area contributed by atoms with Gasteiger partial charge in [-0.05, 0) is 57.8 Å². The van der Waals surface area contributed by atoms with Crippen molar-refractivity contribution >= 4 is 17.9 Å². The molecule has 6 heteroatoms. The third kappa shape index (κ3) is 46.5. The van der Waals surface area contributed by atoms with Crippen molar-refractivity contribution in [3.63, 3.8) is 0 Å². The molecule has 0 aromatic carbocycles. The molecule has 0 radical (unpaired) electrons. The van der Waals surface area contributed by atoms with E-state index in [9.17, 15) is 14.4 Å². The van der Waals surface area contributed by atoms with Gasteiger partial charge in [-0.15, -0.1) is 0 Å². The highest BCUT2D eigenvalue weighted by molar-refractivity contribution is 5.71. The van der Waals surface area contributed by atoms with Gasteiger partial charge in [0.05, 0.1) is 0 Å². The summed E-state index contributed by atoms with van der Waals surface area (Å²) in [6.45, 7) is 6.56. The lowest BCUT2D eigenvalue weighted by Crippen LogP contribution is -2.30. The molecule has 0 aliphatic rings.